The van der Waals surface area contributed by atoms with Crippen LogP contribution in [0, 0.1) is 5.92 Å². The Kier molecular flexibility index (Phi) is 4.82. The van der Waals surface area contributed by atoms with Gasteiger partial charge in [-0.1, -0.05) is 12.5 Å². The summed E-state index contributed by atoms with van der Waals surface area (Å²) in [6.07, 6.45) is 6.61. The first-order chi connectivity index (χ1) is 7.59. The quantitative estimate of drug-likeness (QED) is 0.704. The molecule has 0 aromatic heterocycles. The monoisotopic (exact) mass is 226 g/mol. The number of hydrogen-bond donors (Lipinski definition) is 2. The first kappa shape index (κ1) is 12.5. The van der Waals surface area contributed by atoms with Crippen molar-refractivity contribution < 1.29 is 14.3 Å². The number of amides is 2. The topological polar surface area (TPSA) is 95.4 Å². The lowest BCUT2D eigenvalue weighted by Crippen LogP contribution is -2.31. The molecule has 0 bridgehead atoms. The molecule has 0 saturated heterocycles. The molecule has 0 radical (unpaired) electrons. The van der Waals surface area contributed by atoms with Gasteiger partial charge >= 0.3 is 6.09 Å². The molecule has 0 aliphatic heterocycles. The van der Waals surface area contributed by atoms with Crippen LogP contribution in [-0.2, 0) is 9.53 Å². The summed E-state index contributed by atoms with van der Waals surface area (Å²) in [5, 5.41) is 0. The number of rotatable bonds is 3. The number of nitrogens with two attached hydrogens (primary N) is 2. The lowest BCUT2D eigenvalue weighted by atomic mass is 9.89. The molecule has 1 aliphatic carbocycles. The largest absolute Gasteiger partial charge is 0.442 e. The fourth-order valence-electron chi connectivity index (χ4n) is 1.97. The van der Waals surface area contributed by atoms with E-state index in [1.165, 1.54) is 0 Å². The number of carbonyl (C=O) groups is 2. The normalized spacial score (nSPS) is 27.5. The molecule has 0 aromatic rings. The van der Waals surface area contributed by atoms with Crippen LogP contribution in [0.4, 0.5) is 4.79 Å². The number of primary amides is 2. The predicted molar refractivity (Wildman–Crippen MR) is 59.4 cm³/mol. The van der Waals surface area contributed by atoms with E-state index in [-0.39, 0.29) is 18.2 Å². The van der Waals surface area contributed by atoms with E-state index in [9.17, 15) is 9.59 Å². The second-order valence-corrected chi connectivity index (χ2v) is 4.04. The lowest BCUT2D eigenvalue weighted by Gasteiger charge is -2.24. The standard InChI is InChI=1S/C11H18N2O3/c12-10(14)7-8-5-3-1-2-4-6-9(8)16-11(13)15/h4,6,8-9H,1-3,5,7H2,(H2,12,14)(H2,13,15)/b6-4+. The fraction of sp³-hybridized carbons (Fsp3) is 0.636. The number of hydrogen-bond acceptors (Lipinski definition) is 3. The fourth-order valence-corrected chi connectivity index (χ4v) is 1.97. The molecule has 5 nitrogen and oxygen atoms in total. The number of carbonyl (C=O) groups excluding carboxylic acids is 2. The highest BCUT2D eigenvalue weighted by molar-refractivity contribution is 5.74. The summed E-state index contributed by atoms with van der Waals surface area (Å²) in [6, 6.07) is 0. The zero-order valence-electron chi connectivity index (χ0n) is 9.22. The van der Waals surface area contributed by atoms with Gasteiger partial charge in [0, 0.05) is 12.3 Å². The maximum Gasteiger partial charge on any atom is 0.405 e. The Hall–Kier alpha value is -1.52. The SMILES string of the molecule is NC(=O)CC1CCCC/C=C/C1OC(N)=O. The molecular weight excluding hydrogens is 208 g/mol. The minimum atomic E-state index is -0.815. The summed E-state index contributed by atoms with van der Waals surface area (Å²) in [5.41, 5.74) is 10.2. The van der Waals surface area contributed by atoms with Crippen molar-refractivity contribution in [1.82, 2.24) is 0 Å². The van der Waals surface area contributed by atoms with Crippen LogP contribution in [0.2, 0.25) is 0 Å². The van der Waals surface area contributed by atoms with Gasteiger partial charge in [-0.15, -0.1) is 0 Å². The Morgan fingerprint density at radius 3 is 2.69 bits per heavy atom. The molecule has 2 atom stereocenters. The molecule has 2 amide bonds. The maximum atomic E-state index is 10.9. The van der Waals surface area contributed by atoms with Crippen molar-refractivity contribution in [2.75, 3.05) is 0 Å². The average Bonchev–Trinajstić information content (AvgIpc) is 2.15. The summed E-state index contributed by atoms with van der Waals surface area (Å²) >= 11 is 0. The Labute approximate surface area is 94.8 Å². The third kappa shape index (κ3) is 4.33. The second-order valence-electron chi connectivity index (χ2n) is 4.04. The van der Waals surface area contributed by atoms with Crippen molar-refractivity contribution in [2.45, 2.75) is 38.2 Å². The van der Waals surface area contributed by atoms with Crippen molar-refractivity contribution in [2.24, 2.45) is 17.4 Å². The first-order valence-electron chi connectivity index (χ1n) is 5.50. The van der Waals surface area contributed by atoms with Crippen LogP contribution in [0.1, 0.15) is 32.1 Å². The highest BCUT2D eigenvalue weighted by atomic mass is 16.6. The van der Waals surface area contributed by atoms with Crippen molar-refractivity contribution >= 4 is 12.0 Å². The summed E-state index contributed by atoms with van der Waals surface area (Å²) in [5.74, 6) is -0.432. The lowest BCUT2D eigenvalue weighted by molar-refractivity contribution is -0.119. The van der Waals surface area contributed by atoms with Gasteiger partial charge in [0.2, 0.25) is 5.91 Å². The highest BCUT2D eigenvalue weighted by Gasteiger charge is 2.24. The zero-order chi connectivity index (χ0) is 12.0. The third-order valence-electron chi connectivity index (χ3n) is 2.70. The Morgan fingerprint density at radius 1 is 1.31 bits per heavy atom. The molecule has 1 rings (SSSR count). The summed E-state index contributed by atoms with van der Waals surface area (Å²) < 4.78 is 4.98. The van der Waals surface area contributed by atoms with Gasteiger partial charge in [0.05, 0.1) is 0 Å². The van der Waals surface area contributed by atoms with E-state index >= 15 is 0 Å². The molecule has 90 valence electrons. The van der Waals surface area contributed by atoms with Gasteiger partial charge in [0.15, 0.2) is 0 Å². The molecule has 4 N–H and O–H groups in total. The highest BCUT2D eigenvalue weighted by Crippen LogP contribution is 2.23. The predicted octanol–water partition coefficient (Wildman–Crippen LogP) is 1.07. The minimum absolute atomic E-state index is 0.0541. The average molecular weight is 226 g/mol. The van der Waals surface area contributed by atoms with Crippen LogP contribution in [0.5, 0.6) is 0 Å². The molecule has 0 fully saturated rings. The van der Waals surface area contributed by atoms with Crippen molar-refractivity contribution in [3.63, 3.8) is 0 Å². The molecule has 0 spiro atoms. The molecular formula is C11H18N2O3. The summed E-state index contributed by atoms with van der Waals surface area (Å²) in [7, 11) is 0. The van der Waals surface area contributed by atoms with Crippen molar-refractivity contribution in [3.05, 3.63) is 12.2 Å². The van der Waals surface area contributed by atoms with Gasteiger partial charge in [0.1, 0.15) is 6.10 Å². The van der Waals surface area contributed by atoms with E-state index in [1.807, 2.05) is 6.08 Å². The molecule has 0 heterocycles. The van der Waals surface area contributed by atoms with Crippen molar-refractivity contribution in [3.8, 4) is 0 Å². The Balaban J connectivity index is 2.69. The smallest absolute Gasteiger partial charge is 0.405 e. The van der Waals surface area contributed by atoms with E-state index < -0.39 is 12.2 Å². The summed E-state index contributed by atoms with van der Waals surface area (Å²) in [6.45, 7) is 0. The van der Waals surface area contributed by atoms with Gasteiger partial charge in [0.25, 0.3) is 0 Å². The van der Waals surface area contributed by atoms with Crippen LogP contribution in [0.15, 0.2) is 12.2 Å². The molecule has 5 heteroatoms. The first-order valence-corrected chi connectivity index (χ1v) is 5.50. The number of ether oxygens (including phenoxy) is 1. The van der Waals surface area contributed by atoms with Gasteiger partial charge in [-0.3, -0.25) is 4.79 Å². The molecule has 0 aromatic carbocycles. The van der Waals surface area contributed by atoms with E-state index in [0.29, 0.717) is 0 Å². The second kappa shape index (κ2) is 6.15. The molecule has 1 aliphatic rings. The minimum Gasteiger partial charge on any atom is -0.442 e. The van der Waals surface area contributed by atoms with Crippen LogP contribution >= 0.6 is 0 Å². The molecule has 16 heavy (non-hydrogen) atoms. The van der Waals surface area contributed by atoms with Gasteiger partial charge in [-0.25, -0.2) is 4.79 Å². The van der Waals surface area contributed by atoms with Crippen molar-refractivity contribution in [1.29, 1.82) is 0 Å². The van der Waals surface area contributed by atoms with E-state index in [1.54, 1.807) is 6.08 Å². The maximum absolute atomic E-state index is 10.9. The van der Waals surface area contributed by atoms with Crippen LogP contribution in [0.3, 0.4) is 0 Å². The van der Waals surface area contributed by atoms with Gasteiger partial charge in [-0.2, -0.15) is 0 Å². The van der Waals surface area contributed by atoms with E-state index in [4.69, 9.17) is 16.2 Å². The van der Waals surface area contributed by atoms with E-state index in [0.717, 1.165) is 25.7 Å². The van der Waals surface area contributed by atoms with Gasteiger partial charge < -0.3 is 16.2 Å². The Bertz CT molecular complexity index is 289. The van der Waals surface area contributed by atoms with Crippen LogP contribution < -0.4 is 11.5 Å². The van der Waals surface area contributed by atoms with E-state index in [2.05, 4.69) is 0 Å². The third-order valence-corrected chi connectivity index (χ3v) is 2.70. The number of allylic oxidation sites excluding steroid dienone is 1. The zero-order valence-corrected chi connectivity index (χ0v) is 9.22. The van der Waals surface area contributed by atoms with Crippen LogP contribution in [0.25, 0.3) is 0 Å². The Morgan fingerprint density at radius 2 is 2.06 bits per heavy atom. The van der Waals surface area contributed by atoms with Gasteiger partial charge in [-0.05, 0) is 25.3 Å². The molecule has 2 unspecified atom stereocenters. The molecule has 0 saturated carbocycles. The van der Waals surface area contributed by atoms with Crippen LogP contribution in [-0.4, -0.2) is 18.1 Å². The summed E-state index contributed by atoms with van der Waals surface area (Å²) in [4.78, 5) is 21.7.